The Labute approximate surface area is 130 Å². The predicted octanol–water partition coefficient (Wildman–Crippen LogP) is 2.38. The molecule has 22 heavy (non-hydrogen) atoms. The molecule has 2 aromatic rings. The van der Waals surface area contributed by atoms with Crippen molar-refractivity contribution in [1.29, 1.82) is 0 Å². The van der Waals surface area contributed by atoms with E-state index in [0.29, 0.717) is 19.0 Å². The minimum Gasteiger partial charge on any atom is -0.423 e. The second kappa shape index (κ2) is 6.02. The molecule has 1 saturated heterocycles. The van der Waals surface area contributed by atoms with E-state index in [1.807, 2.05) is 0 Å². The molecule has 3 rings (SSSR count). The lowest BCUT2D eigenvalue weighted by Crippen LogP contribution is -2.43. The molecule has 1 fully saturated rings. The minimum atomic E-state index is -0.663. The first-order valence-corrected chi connectivity index (χ1v) is 7.08. The van der Waals surface area contributed by atoms with Crippen molar-refractivity contribution >= 4 is 17.5 Å². The molecule has 0 radical (unpaired) electrons. The van der Waals surface area contributed by atoms with Crippen molar-refractivity contribution < 1.29 is 18.3 Å². The van der Waals surface area contributed by atoms with Crippen molar-refractivity contribution in [2.75, 3.05) is 19.8 Å². The van der Waals surface area contributed by atoms with Crippen LogP contribution in [0.1, 0.15) is 28.2 Å². The highest BCUT2D eigenvalue weighted by molar-refractivity contribution is 6.30. The topological polar surface area (TPSA) is 68.5 Å². The number of hydrogen-bond acceptors (Lipinski definition) is 5. The maximum Gasteiger partial charge on any atom is 0.257 e. The Morgan fingerprint density at radius 2 is 2.27 bits per heavy atom. The summed E-state index contributed by atoms with van der Waals surface area (Å²) < 4.78 is 24.7. The van der Waals surface area contributed by atoms with E-state index >= 15 is 0 Å². The number of benzene rings is 1. The van der Waals surface area contributed by atoms with Crippen LogP contribution in [0.5, 0.6) is 0 Å². The van der Waals surface area contributed by atoms with E-state index in [2.05, 4.69) is 10.2 Å². The normalized spacial score (nSPS) is 18.5. The highest BCUT2D eigenvalue weighted by atomic mass is 35.5. The number of ether oxygens (including phenoxy) is 1. The molecule has 0 bridgehead atoms. The van der Waals surface area contributed by atoms with Gasteiger partial charge in [0.05, 0.1) is 18.8 Å². The summed E-state index contributed by atoms with van der Waals surface area (Å²) in [5.41, 5.74) is -0.0486. The van der Waals surface area contributed by atoms with Gasteiger partial charge in [0.2, 0.25) is 11.8 Å². The van der Waals surface area contributed by atoms with Gasteiger partial charge in [0.1, 0.15) is 11.9 Å². The summed E-state index contributed by atoms with van der Waals surface area (Å²) in [4.78, 5) is 14.1. The molecule has 1 aliphatic heterocycles. The Hall–Kier alpha value is -1.99. The monoisotopic (exact) mass is 325 g/mol. The summed E-state index contributed by atoms with van der Waals surface area (Å²) in [5.74, 6) is -0.451. The summed E-state index contributed by atoms with van der Waals surface area (Å²) in [7, 11) is 0. The lowest BCUT2D eigenvalue weighted by Gasteiger charge is -2.33. The summed E-state index contributed by atoms with van der Waals surface area (Å²) >= 11 is 5.72. The number of amides is 1. The van der Waals surface area contributed by atoms with Crippen molar-refractivity contribution in [3.63, 3.8) is 0 Å². The minimum absolute atomic E-state index is 0.0486. The molecule has 2 heterocycles. The van der Waals surface area contributed by atoms with Gasteiger partial charge in [-0.2, -0.15) is 0 Å². The lowest BCUT2D eigenvalue weighted by atomic mass is 10.1. The second-order valence-corrected chi connectivity index (χ2v) is 5.31. The third-order valence-corrected chi connectivity index (χ3v) is 3.61. The third-order valence-electron chi connectivity index (χ3n) is 3.38. The first-order valence-electron chi connectivity index (χ1n) is 6.70. The fourth-order valence-electron chi connectivity index (χ4n) is 2.32. The number of rotatable bonds is 2. The Balaban J connectivity index is 1.91. The molecular formula is C14H13ClFN3O3. The van der Waals surface area contributed by atoms with Crippen molar-refractivity contribution in [2.24, 2.45) is 0 Å². The standard InChI is InChI=1S/C14H13ClFN3O3/c1-8-17-18-13(22-8)12-7-21-5-4-19(12)14(20)10-3-2-9(15)6-11(10)16/h2-3,6,12H,4-5,7H2,1H3/t12-/m0/s1. The highest BCUT2D eigenvalue weighted by Gasteiger charge is 2.34. The quantitative estimate of drug-likeness (QED) is 0.848. The van der Waals surface area contributed by atoms with Crippen LogP contribution in [0, 0.1) is 12.7 Å². The summed E-state index contributed by atoms with van der Waals surface area (Å²) in [6.45, 7) is 2.56. The van der Waals surface area contributed by atoms with Gasteiger partial charge in [0.15, 0.2) is 0 Å². The van der Waals surface area contributed by atoms with Gasteiger partial charge in [0, 0.05) is 18.5 Å². The number of nitrogens with zero attached hydrogens (tertiary/aromatic N) is 3. The van der Waals surface area contributed by atoms with Crippen molar-refractivity contribution in [3.05, 3.63) is 46.4 Å². The second-order valence-electron chi connectivity index (χ2n) is 4.87. The summed E-state index contributed by atoms with van der Waals surface area (Å²) in [5, 5.41) is 7.92. The smallest absolute Gasteiger partial charge is 0.257 e. The van der Waals surface area contributed by atoms with Crippen LogP contribution >= 0.6 is 11.6 Å². The highest BCUT2D eigenvalue weighted by Crippen LogP contribution is 2.26. The Morgan fingerprint density at radius 1 is 1.45 bits per heavy atom. The largest absolute Gasteiger partial charge is 0.423 e. The van der Waals surface area contributed by atoms with E-state index in [0.717, 1.165) is 6.07 Å². The molecule has 1 atom stereocenters. The molecule has 0 spiro atoms. The van der Waals surface area contributed by atoms with Gasteiger partial charge >= 0.3 is 0 Å². The van der Waals surface area contributed by atoms with E-state index in [9.17, 15) is 9.18 Å². The van der Waals surface area contributed by atoms with Crippen LogP contribution in [0.3, 0.4) is 0 Å². The van der Waals surface area contributed by atoms with Gasteiger partial charge in [-0.05, 0) is 18.2 Å². The average Bonchev–Trinajstić information content (AvgIpc) is 2.93. The van der Waals surface area contributed by atoms with Gasteiger partial charge in [-0.25, -0.2) is 4.39 Å². The van der Waals surface area contributed by atoms with Crippen molar-refractivity contribution in [2.45, 2.75) is 13.0 Å². The van der Waals surface area contributed by atoms with Gasteiger partial charge in [0.25, 0.3) is 5.91 Å². The molecule has 0 saturated carbocycles. The lowest BCUT2D eigenvalue weighted by molar-refractivity contribution is -0.0108. The molecule has 0 unspecified atom stereocenters. The predicted molar refractivity (Wildman–Crippen MR) is 75.0 cm³/mol. The molecule has 1 aromatic heterocycles. The Morgan fingerprint density at radius 3 is 2.95 bits per heavy atom. The maximum atomic E-state index is 14.0. The van der Waals surface area contributed by atoms with Gasteiger partial charge in [-0.3, -0.25) is 4.79 Å². The van der Waals surface area contributed by atoms with E-state index in [4.69, 9.17) is 20.8 Å². The SMILES string of the molecule is Cc1nnc([C@@H]2COCCN2C(=O)c2ccc(Cl)cc2F)o1. The van der Waals surface area contributed by atoms with Crippen LogP contribution in [-0.2, 0) is 4.74 Å². The summed E-state index contributed by atoms with van der Waals surface area (Å²) in [6.07, 6.45) is 0. The zero-order valence-electron chi connectivity index (χ0n) is 11.8. The van der Waals surface area contributed by atoms with E-state index in [1.54, 1.807) is 6.92 Å². The Kier molecular flexibility index (Phi) is 4.08. The molecule has 116 valence electrons. The van der Waals surface area contributed by atoms with Gasteiger partial charge < -0.3 is 14.1 Å². The van der Waals surface area contributed by atoms with Crippen molar-refractivity contribution in [1.82, 2.24) is 15.1 Å². The molecule has 1 aromatic carbocycles. The summed E-state index contributed by atoms with van der Waals surface area (Å²) in [6, 6.07) is 3.43. The number of carbonyl (C=O) groups is 1. The van der Waals surface area contributed by atoms with Crippen LogP contribution in [0.15, 0.2) is 22.6 Å². The number of hydrogen-bond donors (Lipinski definition) is 0. The fourth-order valence-corrected chi connectivity index (χ4v) is 2.47. The molecule has 1 aliphatic rings. The van der Waals surface area contributed by atoms with Crippen LogP contribution in [-0.4, -0.2) is 40.8 Å². The van der Waals surface area contributed by atoms with E-state index in [-0.39, 0.29) is 23.1 Å². The number of aryl methyl sites for hydroxylation is 1. The number of aromatic nitrogens is 2. The average molecular weight is 326 g/mol. The zero-order valence-corrected chi connectivity index (χ0v) is 12.5. The van der Waals surface area contributed by atoms with Crippen LogP contribution in [0.4, 0.5) is 4.39 Å². The third kappa shape index (κ3) is 2.82. The first kappa shape index (κ1) is 14.9. The molecule has 0 N–H and O–H groups in total. The van der Waals surface area contributed by atoms with Crippen LogP contribution in [0.2, 0.25) is 5.02 Å². The van der Waals surface area contributed by atoms with Crippen LogP contribution < -0.4 is 0 Å². The Bertz CT molecular complexity index is 706. The maximum absolute atomic E-state index is 14.0. The first-order chi connectivity index (χ1) is 10.6. The number of carbonyl (C=O) groups excluding carboxylic acids is 1. The molecule has 0 aliphatic carbocycles. The molecular weight excluding hydrogens is 313 g/mol. The van der Waals surface area contributed by atoms with Crippen LogP contribution in [0.25, 0.3) is 0 Å². The molecule has 6 nitrogen and oxygen atoms in total. The molecule has 8 heteroatoms. The fraction of sp³-hybridized carbons (Fsp3) is 0.357. The molecule has 1 amide bonds. The number of halogens is 2. The van der Waals surface area contributed by atoms with Crippen molar-refractivity contribution in [3.8, 4) is 0 Å². The van der Waals surface area contributed by atoms with E-state index < -0.39 is 17.8 Å². The number of morpholine rings is 1. The zero-order chi connectivity index (χ0) is 15.7. The van der Waals surface area contributed by atoms with Gasteiger partial charge in [-0.15, -0.1) is 10.2 Å². The van der Waals surface area contributed by atoms with E-state index in [1.165, 1.54) is 17.0 Å². The van der Waals surface area contributed by atoms with Gasteiger partial charge in [-0.1, -0.05) is 11.6 Å².